The van der Waals surface area contributed by atoms with Gasteiger partial charge in [-0.25, -0.2) is 8.42 Å². The molecule has 2 N–H and O–H groups in total. The number of nitrogens with two attached hydrogens (primary N) is 1. The van der Waals surface area contributed by atoms with E-state index in [0.717, 1.165) is 11.1 Å². The van der Waals surface area contributed by atoms with Crippen molar-refractivity contribution in [3.05, 3.63) is 66.1 Å². The second-order valence-electron chi connectivity index (χ2n) is 6.76. The van der Waals surface area contributed by atoms with Crippen LogP contribution in [0.2, 0.25) is 0 Å². The molecule has 0 radical (unpaired) electrons. The van der Waals surface area contributed by atoms with Crippen LogP contribution in [-0.2, 0) is 16.6 Å². The van der Waals surface area contributed by atoms with E-state index in [4.69, 9.17) is 4.52 Å². The molecule has 3 aromatic rings. The van der Waals surface area contributed by atoms with Crippen LogP contribution in [0.1, 0.15) is 38.3 Å². The number of sulfonamides is 1. The summed E-state index contributed by atoms with van der Waals surface area (Å²) in [5.41, 5.74) is 1.95. The molecule has 0 aliphatic rings. The Morgan fingerprint density at radius 1 is 1.03 bits per heavy atom. The summed E-state index contributed by atoms with van der Waals surface area (Å²) in [7, 11) is -3.43. The monoisotopic (exact) mass is 415 g/mol. The first kappa shape index (κ1) is 21.2. The fraction of sp³-hybridized carbons (Fsp3) is 0.333. The second-order valence-corrected chi connectivity index (χ2v) is 8.70. The van der Waals surface area contributed by atoms with Crippen molar-refractivity contribution in [1.29, 1.82) is 0 Å². The molecule has 0 saturated carbocycles. The topological polar surface area (TPSA) is 92.9 Å². The Morgan fingerprint density at radius 2 is 1.69 bits per heavy atom. The number of quaternary nitrogens is 1. The normalized spacial score (nSPS) is 13.0. The Balaban J connectivity index is 1.63. The Labute approximate surface area is 171 Å². The maximum atomic E-state index is 12.6. The van der Waals surface area contributed by atoms with Crippen molar-refractivity contribution in [3.8, 4) is 11.4 Å². The van der Waals surface area contributed by atoms with Crippen LogP contribution >= 0.6 is 0 Å². The molecule has 154 valence electrons. The zero-order valence-electron chi connectivity index (χ0n) is 16.9. The van der Waals surface area contributed by atoms with Crippen molar-refractivity contribution in [2.75, 3.05) is 13.1 Å². The molecule has 29 heavy (non-hydrogen) atoms. The third-order valence-corrected chi connectivity index (χ3v) is 6.96. The Kier molecular flexibility index (Phi) is 6.79. The minimum Gasteiger partial charge on any atom is -0.333 e. The first-order valence-electron chi connectivity index (χ1n) is 9.77. The predicted molar refractivity (Wildman–Crippen MR) is 110 cm³/mol. The molecule has 7 nitrogen and oxygen atoms in total. The summed E-state index contributed by atoms with van der Waals surface area (Å²) >= 11 is 0. The highest BCUT2D eigenvalue weighted by atomic mass is 32.2. The molecule has 2 aromatic carbocycles. The van der Waals surface area contributed by atoms with Crippen molar-refractivity contribution < 1.29 is 18.3 Å². The van der Waals surface area contributed by atoms with E-state index in [1.54, 1.807) is 12.1 Å². The maximum absolute atomic E-state index is 12.6. The Morgan fingerprint density at radius 3 is 2.31 bits per heavy atom. The van der Waals surface area contributed by atoms with E-state index >= 15 is 0 Å². The van der Waals surface area contributed by atoms with E-state index in [9.17, 15) is 8.42 Å². The molecule has 1 heterocycles. The molecule has 3 rings (SSSR count). The second kappa shape index (κ2) is 9.30. The molecule has 0 bridgehead atoms. The fourth-order valence-corrected chi connectivity index (χ4v) is 4.57. The lowest BCUT2D eigenvalue weighted by atomic mass is 10.1. The van der Waals surface area contributed by atoms with Crippen molar-refractivity contribution in [2.24, 2.45) is 0 Å². The van der Waals surface area contributed by atoms with Gasteiger partial charge in [-0.1, -0.05) is 61.5 Å². The summed E-state index contributed by atoms with van der Waals surface area (Å²) in [6.45, 7) is 7.20. The highest BCUT2D eigenvalue weighted by Crippen LogP contribution is 2.18. The molecular weight excluding hydrogens is 388 g/mol. The standard InChI is InChI=1S/C21H26N4O3S/c1-4-25(5-2)29(26,27)19-13-11-17(12-14-19)16(3)22-15-20-23-21(24-28-20)18-9-7-6-8-10-18/h6-14,16,22H,4-5,15H2,1-3H3/p+1/t16-/m0/s1. The largest absolute Gasteiger partial charge is 0.333 e. The summed E-state index contributed by atoms with van der Waals surface area (Å²) < 4.78 is 32.0. The highest BCUT2D eigenvalue weighted by molar-refractivity contribution is 7.89. The van der Waals surface area contributed by atoms with Gasteiger partial charge in [-0.15, -0.1) is 0 Å². The van der Waals surface area contributed by atoms with E-state index in [1.807, 2.05) is 56.3 Å². The summed E-state index contributed by atoms with van der Waals surface area (Å²) in [6.07, 6.45) is 0. The summed E-state index contributed by atoms with van der Waals surface area (Å²) in [4.78, 5) is 4.76. The van der Waals surface area contributed by atoms with Crippen molar-refractivity contribution in [3.63, 3.8) is 0 Å². The van der Waals surface area contributed by atoms with E-state index in [0.29, 0.717) is 36.2 Å². The number of aromatic nitrogens is 2. The van der Waals surface area contributed by atoms with Gasteiger partial charge in [-0.3, -0.25) is 0 Å². The van der Waals surface area contributed by atoms with E-state index in [2.05, 4.69) is 22.4 Å². The van der Waals surface area contributed by atoms with Crippen LogP contribution in [0, 0.1) is 0 Å². The summed E-state index contributed by atoms with van der Waals surface area (Å²) in [5.74, 6) is 1.13. The first-order valence-corrected chi connectivity index (χ1v) is 11.2. The van der Waals surface area contributed by atoms with Crippen molar-refractivity contribution in [2.45, 2.75) is 38.3 Å². The van der Waals surface area contributed by atoms with Gasteiger partial charge in [0.25, 0.3) is 5.89 Å². The van der Waals surface area contributed by atoms with Crippen LogP contribution in [0.3, 0.4) is 0 Å². The lowest BCUT2D eigenvalue weighted by Crippen LogP contribution is -2.83. The van der Waals surface area contributed by atoms with Gasteiger partial charge in [0.1, 0.15) is 6.04 Å². The predicted octanol–water partition coefficient (Wildman–Crippen LogP) is 2.59. The maximum Gasteiger partial charge on any atom is 0.282 e. The molecule has 0 spiro atoms. The smallest absolute Gasteiger partial charge is 0.282 e. The van der Waals surface area contributed by atoms with Gasteiger partial charge in [0.05, 0.1) is 4.90 Å². The number of hydrogen-bond donors (Lipinski definition) is 1. The number of hydrogen-bond acceptors (Lipinski definition) is 5. The van der Waals surface area contributed by atoms with E-state index < -0.39 is 10.0 Å². The number of benzene rings is 2. The first-order chi connectivity index (χ1) is 14.0. The third kappa shape index (κ3) is 4.90. The van der Waals surface area contributed by atoms with Gasteiger partial charge < -0.3 is 9.84 Å². The molecule has 0 aliphatic heterocycles. The van der Waals surface area contributed by atoms with Gasteiger partial charge in [-0.05, 0) is 19.1 Å². The summed E-state index contributed by atoms with van der Waals surface area (Å²) in [6, 6.07) is 16.9. The van der Waals surface area contributed by atoms with Crippen molar-refractivity contribution >= 4 is 10.0 Å². The van der Waals surface area contributed by atoms with E-state index in [1.165, 1.54) is 4.31 Å². The van der Waals surface area contributed by atoms with Gasteiger partial charge in [0.2, 0.25) is 15.8 Å². The quantitative estimate of drug-likeness (QED) is 0.580. The van der Waals surface area contributed by atoms with Crippen LogP contribution in [0.5, 0.6) is 0 Å². The van der Waals surface area contributed by atoms with E-state index in [-0.39, 0.29) is 6.04 Å². The lowest BCUT2D eigenvalue weighted by Gasteiger charge is -2.18. The van der Waals surface area contributed by atoms with Gasteiger partial charge in [0.15, 0.2) is 6.54 Å². The molecule has 1 aromatic heterocycles. The van der Waals surface area contributed by atoms with Gasteiger partial charge in [-0.2, -0.15) is 9.29 Å². The molecular formula is C21H27N4O3S+. The molecule has 0 aliphatic carbocycles. The molecule has 0 unspecified atom stereocenters. The third-order valence-electron chi connectivity index (χ3n) is 4.90. The lowest BCUT2D eigenvalue weighted by molar-refractivity contribution is -0.710. The van der Waals surface area contributed by atoms with Gasteiger partial charge in [0, 0.05) is 24.2 Å². The Bertz CT molecular complexity index is 1010. The summed E-state index contributed by atoms with van der Waals surface area (Å²) in [5, 5.41) is 6.11. The minimum absolute atomic E-state index is 0.118. The zero-order chi connectivity index (χ0) is 20.9. The molecule has 0 saturated heterocycles. The SMILES string of the molecule is CCN(CC)S(=O)(=O)c1ccc([C@H](C)[NH2+]Cc2nc(-c3ccccc3)no2)cc1. The minimum atomic E-state index is -3.43. The average Bonchev–Trinajstić information content (AvgIpc) is 3.22. The average molecular weight is 416 g/mol. The van der Waals surface area contributed by atoms with Gasteiger partial charge >= 0.3 is 0 Å². The van der Waals surface area contributed by atoms with Crippen LogP contribution in [0.15, 0.2) is 64.0 Å². The molecule has 0 fully saturated rings. The molecule has 0 amide bonds. The van der Waals surface area contributed by atoms with Crippen LogP contribution in [0.4, 0.5) is 0 Å². The number of rotatable bonds is 9. The van der Waals surface area contributed by atoms with Crippen molar-refractivity contribution in [1.82, 2.24) is 14.4 Å². The van der Waals surface area contributed by atoms with Crippen LogP contribution in [0.25, 0.3) is 11.4 Å². The number of nitrogens with zero attached hydrogens (tertiary/aromatic N) is 3. The van der Waals surface area contributed by atoms with Crippen LogP contribution in [-0.4, -0.2) is 36.0 Å². The zero-order valence-corrected chi connectivity index (χ0v) is 17.8. The van der Waals surface area contributed by atoms with Crippen LogP contribution < -0.4 is 5.32 Å². The fourth-order valence-electron chi connectivity index (χ4n) is 3.11. The molecule has 8 heteroatoms. The Hall–Kier alpha value is -2.55. The molecule has 1 atom stereocenters. The highest BCUT2D eigenvalue weighted by Gasteiger charge is 2.22.